The summed E-state index contributed by atoms with van der Waals surface area (Å²) in [4.78, 5) is 13.8. The second kappa shape index (κ2) is 6.01. The van der Waals surface area contributed by atoms with Crippen molar-refractivity contribution in [1.29, 1.82) is 0 Å². The fraction of sp³-hybridized carbons (Fsp3) is 0.533. The Morgan fingerprint density at radius 3 is 2.56 bits per heavy atom. The number of carbonyl (C=O) groups excluding carboxylic acids is 1. The lowest BCUT2D eigenvalue weighted by atomic mass is 10.1. The van der Waals surface area contributed by atoms with Crippen LogP contribution in [-0.4, -0.2) is 37.5 Å². The zero-order valence-corrected chi connectivity index (χ0v) is 11.2. The second-order valence-electron chi connectivity index (χ2n) is 5.33. The Bertz CT molecular complexity index is 385. The molecule has 2 rings (SSSR count). The lowest BCUT2D eigenvalue weighted by Crippen LogP contribution is -2.42. The molecule has 0 aromatic heterocycles. The van der Waals surface area contributed by atoms with E-state index in [-0.39, 0.29) is 5.91 Å². The Kier molecular flexibility index (Phi) is 4.37. The van der Waals surface area contributed by atoms with Crippen molar-refractivity contribution in [2.45, 2.75) is 25.3 Å². The van der Waals surface area contributed by atoms with Gasteiger partial charge in [0.1, 0.15) is 0 Å². The molecule has 1 fully saturated rings. The van der Waals surface area contributed by atoms with Gasteiger partial charge in [-0.15, -0.1) is 0 Å². The number of benzene rings is 1. The number of amides is 1. The van der Waals surface area contributed by atoms with Crippen LogP contribution in [-0.2, 0) is 11.2 Å². The Balaban J connectivity index is 1.85. The molecule has 1 unspecified atom stereocenters. The molecule has 3 heteroatoms. The van der Waals surface area contributed by atoms with Crippen LogP contribution in [0.3, 0.4) is 0 Å². The summed E-state index contributed by atoms with van der Waals surface area (Å²) in [6.45, 7) is 0.733. The summed E-state index contributed by atoms with van der Waals surface area (Å²) in [6, 6.07) is 10.8. The molecule has 1 aromatic rings. The first-order chi connectivity index (χ1) is 8.66. The molecule has 0 radical (unpaired) electrons. The van der Waals surface area contributed by atoms with E-state index in [1.807, 2.05) is 6.07 Å². The molecule has 0 heterocycles. The molecule has 3 nitrogen and oxygen atoms in total. The largest absolute Gasteiger partial charge is 0.354 e. The molecule has 1 aromatic carbocycles. The van der Waals surface area contributed by atoms with Gasteiger partial charge in [0.05, 0.1) is 0 Å². The minimum atomic E-state index is 0.231. The Hall–Kier alpha value is -1.35. The third-order valence-corrected chi connectivity index (χ3v) is 3.50. The van der Waals surface area contributed by atoms with Gasteiger partial charge < -0.3 is 10.2 Å². The number of nitrogens with one attached hydrogen (secondary N) is 1. The van der Waals surface area contributed by atoms with E-state index in [0.717, 1.165) is 25.8 Å². The van der Waals surface area contributed by atoms with Gasteiger partial charge in [0.25, 0.3) is 0 Å². The zero-order valence-electron chi connectivity index (χ0n) is 11.2. The van der Waals surface area contributed by atoms with Crippen LogP contribution in [0.2, 0.25) is 0 Å². The van der Waals surface area contributed by atoms with Gasteiger partial charge in [0.2, 0.25) is 5.91 Å². The van der Waals surface area contributed by atoms with E-state index < -0.39 is 0 Å². The molecular weight excluding hydrogens is 224 g/mol. The van der Waals surface area contributed by atoms with Crippen molar-refractivity contribution >= 4 is 5.91 Å². The van der Waals surface area contributed by atoms with Crippen molar-refractivity contribution in [2.24, 2.45) is 5.92 Å². The number of likely N-dealkylation sites (N-methyl/N-ethyl adjacent to an activating group) is 1. The molecule has 98 valence electrons. The Labute approximate surface area is 109 Å². The van der Waals surface area contributed by atoms with Crippen molar-refractivity contribution in [3.8, 4) is 0 Å². The second-order valence-corrected chi connectivity index (χ2v) is 5.33. The molecule has 18 heavy (non-hydrogen) atoms. The van der Waals surface area contributed by atoms with Gasteiger partial charge in [0.15, 0.2) is 0 Å². The predicted molar refractivity (Wildman–Crippen MR) is 73.4 cm³/mol. The summed E-state index contributed by atoms with van der Waals surface area (Å²) >= 11 is 0. The monoisotopic (exact) mass is 246 g/mol. The van der Waals surface area contributed by atoms with Gasteiger partial charge in [-0.1, -0.05) is 30.3 Å². The van der Waals surface area contributed by atoms with Crippen molar-refractivity contribution in [2.75, 3.05) is 20.6 Å². The van der Waals surface area contributed by atoms with Crippen LogP contribution >= 0.6 is 0 Å². The molecule has 0 saturated heterocycles. The summed E-state index contributed by atoms with van der Waals surface area (Å²) in [7, 11) is 4.13. The zero-order chi connectivity index (χ0) is 13.0. The van der Waals surface area contributed by atoms with Crippen LogP contribution in [0.1, 0.15) is 18.4 Å². The minimum absolute atomic E-state index is 0.231. The number of nitrogens with zero attached hydrogens (tertiary/aromatic N) is 1. The van der Waals surface area contributed by atoms with Crippen LogP contribution in [0.25, 0.3) is 0 Å². The topological polar surface area (TPSA) is 32.3 Å². The molecule has 0 aliphatic heterocycles. The third kappa shape index (κ3) is 3.84. The molecule has 0 bridgehead atoms. The smallest absolute Gasteiger partial charge is 0.223 e. The fourth-order valence-corrected chi connectivity index (χ4v) is 2.03. The quantitative estimate of drug-likeness (QED) is 0.828. The highest BCUT2D eigenvalue weighted by Crippen LogP contribution is 2.28. The van der Waals surface area contributed by atoms with Gasteiger partial charge in [-0.2, -0.15) is 0 Å². The van der Waals surface area contributed by atoms with E-state index in [1.54, 1.807) is 0 Å². The highest BCUT2D eigenvalue weighted by atomic mass is 16.2. The predicted octanol–water partition coefficient (Wildman–Crippen LogP) is 1.69. The SMILES string of the molecule is CN(C)C(CNC(=O)C1CC1)Cc1ccccc1. The number of carbonyl (C=O) groups is 1. The molecule has 1 aliphatic carbocycles. The Morgan fingerprint density at radius 1 is 1.33 bits per heavy atom. The van der Waals surface area contributed by atoms with Crippen LogP contribution in [0, 0.1) is 5.92 Å². The van der Waals surface area contributed by atoms with Crippen molar-refractivity contribution < 1.29 is 4.79 Å². The van der Waals surface area contributed by atoms with Crippen LogP contribution in [0.5, 0.6) is 0 Å². The number of hydrogen-bond donors (Lipinski definition) is 1. The van der Waals surface area contributed by atoms with Gasteiger partial charge in [-0.05, 0) is 38.9 Å². The molecular formula is C15H22N2O. The number of hydrogen-bond acceptors (Lipinski definition) is 2. The van der Waals surface area contributed by atoms with Crippen LogP contribution in [0.15, 0.2) is 30.3 Å². The summed E-state index contributed by atoms with van der Waals surface area (Å²) in [5.41, 5.74) is 1.32. The molecule has 1 amide bonds. The minimum Gasteiger partial charge on any atom is -0.354 e. The first-order valence-corrected chi connectivity index (χ1v) is 6.65. The van der Waals surface area contributed by atoms with E-state index in [0.29, 0.717) is 12.0 Å². The van der Waals surface area contributed by atoms with Crippen molar-refractivity contribution in [3.63, 3.8) is 0 Å². The van der Waals surface area contributed by atoms with Crippen LogP contribution < -0.4 is 5.32 Å². The molecule has 1 atom stereocenters. The summed E-state index contributed by atoms with van der Waals surface area (Å²) < 4.78 is 0. The molecule has 0 spiro atoms. The lowest BCUT2D eigenvalue weighted by Gasteiger charge is -2.24. The number of rotatable bonds is 6. The van der Waals surface area contributed by atoms with Gasteiger partial charge in [-0.25, -0.2) is 0 Å². The summed E-state index contributed by atoms with van der Waals surface area (Å²) in [5.74, 6) is 0.527. The summed E-state index contributed by atoms with van der Waals surface area (Å²) in [5, 5.41) is 3.07. The van der Waals surface area contributed by atoms with Gasteiger partial charge in [0, 0.05) is 18.5 Å². The first-order valence-electron chi connectivity index (χ1n) is 6.65. The Morgan fingerprint density at radius 2 is 2.00 bits per heavy atom. The van der Waals surface area contributed by atoms with E-state index >= 15 is 0 Å². The average Bonchev–Trinajstić information content (AvgIpc) is 3.19. The third-order valence-electron chi connectivity index (χ3n) is 3.50. The maximum absolute atomic E-state index is 11.7. The summed E-state index contributed by atoms with van der Waals surface area (Å²) in [6.07, 6.45) is 3.10. The molecule has 1 saturated carbocycles. The van der Waals surface area contributed by atoms with Crippen molar-refractivity contribution in [1.82, 2.24) is 10.2 Å². The van der Waals surface area contributed by atoms with Crippen LogP contribution in [0.4, 0.5) is 0 Å². The fourth-order valence-electron chi connectivity index (χ4n) is 2.03. The highest BCUT2D eigenvalue weighted by Gasteiger charge is 2.29. The molecule has 1 N–H and O–H groups in total. The van der Waals surface area contributed by atoms with Gasteiger partial charge >= 0.3 is 0 Å². The standard InChI is InChI=1S/C15H22N2O/c1-17(2)14(10-12-6-4-3-5-7-12)11-16-15(18)13-8-9-13/h3-7,13-14H,8-11H2,1-2H3,(H,16,18). The van der Waals surface area contributed by atoms with E-state index in [4.69, 9.17) is 0 Å². The first kappa shape index (κ1) is 13.1. The maximum Gasteiger partial charge on any atom is 0.223 e. The van der Waals surface area contributed by atoms with Crippen molar-refractivity contribution in [3.05, 3.63) is 35.9 Å². The lowest BCUT2D eigenvalue weighted by molar-refractivity contribution is -0.122. The normalized spacial score (nSPS) is 16.6. The average molecular weight is 246 g/mol. The van der Waals surface area contributed by atoms with Gasteiger partial charge in [-0.3, -0.25) is 4.79 Å². The van der Waals surface area contributed by atoms with E-state index in [9.17, 15) is 4.79 Å². The maximum atomic E-state index is 11.7. The van der Waals surface area contributed by atoms with E-state index in [1.165, 1.54) is 5.56 Å². The molecule has 1 aliphatic rings. The highest BCUT2D eigenvalue weighted by molar-refractivity contribution is 5.80. The van der Waals surface area contributed by atoms with E-state index in [2.05, 4.69) is 48.6 Å².